The molecule has 3 heterocycles. The Morgan fingerprint density at radius 3 is 2.59 bits per heavy atom. The number of quaternary nitrogens is 1. The predicted octanol–water partition coefficient (Wildman–Crippen LogP) is 2.04. The summed E-state index contributed by atoms with van der Waals surface area (Å²) in [5.74, 6) is 0.575. The lowest BCUT2D eigenvalue weighted by atomic mass is 9.99. The van der Waals surface area contributed by atoms with Crippen molar-refractivity contribution >= 4 is 11.9 Å². The average molecular weight is 364 g/mol. The van der Waals surface area contributed by atoms with E-state index in [9.17, 15) is 9.90 Å². The van der Waals surface area contributed by atoms with Gasteiger partial charge >= 0.3 is 0 Å². The fourth-order valence-electron chi connectivity index (χ4n) is 4.00. The van der Waals surface area contributed by atoms with Crippen LogP contribution in [0.1, 0.15) is 52.7 Å². The maximum absolute atomic E-state index is 12.9. The van der Waals surface area contributed by atoms with Crippen LogP contribution in [-0.4, -0.2) is 23.9 Å². The van der Waals surface area contributed by atoms with Gasteiger partial charge in [0.1, 0.15) is 12.3 Å². The molecule has 1 saturated heterocycles. The molecule has 1 aromatic heterocycles. The van der Waals surface area contributed by atoms with Crippen LogP contribution in [0.5, 0.6) is 11.5 Å². The molecular formula is C22H24N2O3. The van der Waals surface area contributed by atoms with Gasteiger partial charge in [-0.1, -0.05) is 11.8 Å². The molecule has 1 N–H and O–H groups in total. The second-order valence-corrected chi connectivity index (χ2v) is 7.44. The molecule has 1 aromatic carbocycles. The number of hydrogen-bond donors (Lipinski definition) is 1. The van der Waals surface area contributed by atoms with Crippen molar-refractivity contribution in [3.8, 4) is 11.5 Å². The summed E-state index contributed by atoms with van der Waals surface area (Å²) in [4.78, 5) is 18.3. The van der Waals surface area contributed by atoms with E-state index in [0.717, 1.165) is 18.7 Å². The van der Waals surface area contributed by atoms with Crippen LogP contribution in [0, 0.1) is 6.92 Å². The molecule has 0 amide bonds. The number of aryl methyl sites for hydroxylation is 1. The minimum absolute atomic E-state index is 0.0269. The number of likely N-dealkylation sites (tertiary alicyclic amines) is 1. The van der Waals surface area contributed by atoms with Crippen LogP contribution in [0.2, 0.25) is 0 Å². The van der Waals surface area contributed by atoms with E-state index in [4.69, 9.17) is 4.74 Å². The molecule has 0 unspecified atom stereocenters. The van der Waals surface area contributed by atoms with E-state index in [1.165, 1.54) is 30.6 Å². The number of ketones is 1. The number of carbonyl (C=O) groups excluding carboxylic acids is 1. The minimum Gasteiger partial charge on any atom is -0.872 e. The maximum atomic E-state index is 12.9. The second-order valence-electron chi connectivity index (χ2n) is 7.44. The maximum Gasteiger partial charge on any atom is 0.232 e. The molecule has 0 radical (unpaired) electrons. The fraction of sp³-hybridized carbons (Fsp3) is 0.364. The SMILES string of the molecule is Cc1cc([O-])c(C[NH+]2CCCCCC2)c2c1C(=O)/C(=C/c1ccncc1)O2. The highest BCUT2D eigenvalue weighted by Gasteiger charge is 2.33. The highest BCUT2D eigenvalue weighted by Crippen LogP contribution is 2.40. The fourth-order valence-corrected chi connectivity index (χ4v) is 4.00. The van der Waals surface area contributed by atoms with Crippen LogP contribution in [0.3, 0.4) is 0 Å². The monoisotopic (exact) mass is 364 g/mol. The Balaban J connectivity index is 1.69. The smallest absolute Gasteiger partial charge is 0.232 e. The molecule has 0 aliphatic carbocycles. The van der Waals surface area contributed by atoms with Crippen LogP contribution in [0.4, 0.5) is 0 Å². The van der Waals surface area contributed by atoms with Crippen molar-refractivity contribution in [2.75, 3.05) is 13.1 Å². The highest BCUT2D eigenvalue weighted by molar-refractivity contribution is 6.15. The number of aromatic nitrogens is 1. The predicted molar refractivity (Wildman–Crippen MR) is 101 cm³/mol. The van der Waals surface area contributed by atoms with E-state index in [0.29, 0.717) is 29.0 Å². The van der Waals surface area contributed by atoms with Gasteiger partial charge in [-0.3, -0.25) is 9.78 Å². The number of fused-ring (bicyclic) bond motifs is 1. The van der Waals surface area contributed by atoms with Crippen LogP contribution in [0.15, 0.2) is 36.4 Å². The molecule has 0 atom stereocenters. The number of nitrogens with zero attached hydrogens (tertiary/aromatic N) is 1. The Labute approximate surface area is 159 Å². The van der Waals surface area contributed by atoms with Crippen molar-refractivity contribution in [2.45, 2.75) is 39.2 Å². The number of Topliss-reactive ketones (excluding diaryl/α,β-unsaturated/α-hetero) is 1. The normalized spacial score (nSPS) is 19.0. The first-order chi connectivity index (χ1) is 13.1. The number of ether oxygens (including phenoxy) is 1. The quantitative estimate of drug-likeness (QED) is 0.847. The van der Waals surface area contributed by atoms with E-state index in [-0.39, 0.29) is 17.3 Å². The summed E-state index contributed by atoms with van der Waals surface area (Å²) in [6.45, 7) is 4.56. The molecule has 4 rings (SSSR count). The number of pyridine rings is 1. The molecule has 2 aromatic rings. The molecule has 2 aliphatic rings. The van der Waals surface area contributed by atoms with Crippen molar-refractivity contribution in [2.24, 2.45) is 0 Å². The summed E-state index contributed by atoms with van der Waals surface area (Å²) < 4.78 is 5.97. The van der Waals surface area contributed by atoms with Crippen LogP contribution < -0.4 is 14.7 Å². The van der Waals surface area contributed by atoms with Gasteiger partial charge in [-0.05, 0) is 61.9 Å². The van der Waals surface area contributed by atoms with E-state index in [1.807, 2.05) is 12.1 Å². The van der Waals surface area contributed by atoms with Gasteiger partial charge < -0.3 is 14.7 Å². The second kappa shape index (κ2) is 7.53. The first-order valence-electron chi connectivity index (χ1n) is 9.65. The van der Waals surface area contributed by atoms with Gasteiger partial charge in [-0.25, -0.2) is 0 Å². The van der Waals surface area contributed by atoms with Gasteiger partial charge in [0.15, 0.2) is 5.76 Å². The van der Waals surface area contributed by atoms with Crippen molar-refractivity contribution in [3.63, 3.8) is 0 Å². The van der Waals surface area contributed by atoms with Gasteiger partial charge in [-0.15, -0.1) is 0 Å². The minimum atomic E-state index is -0.147. The van der Waals surface area contributed by atoms with Crippen molar-refractivity contribution in [3.05, 3.63) is 58.6 Å². The third-order valence-corrected chi connectivity index (χ3v) is 5.44. The number of rotatable bonds is 3. The standard InChI is InChI=1S/C22H24N2O3/c1-15-12-18(25)17(14-24-10-4-2-3-5-11-24)22-20(15)21(26)19(27-22)13-16-6-8-23-9-7-16/h6-9,12-13,25H,2-5,10-11,14H2,1H3/b19-13-. The summed E-state index contributed by atoms with van der Waals surface area (Å²) in [6, 6.07) is 5.23. The largest absolute Gasteiger partial charge is 0.872 e. The average Bonchev–Trinajstić information content (AvgIpc) is 2.83. The molecule has 0 saturated carbocycles. The van der Waals surface area contributed by atoms with Gasteiger partial charge in [-0.2, -0.15) is 0 Å². The third kappa shape index (κ3) is 3.60. The van der Waals surface area contributed by atoms with Crippen molar-refractivity contribution in [1.82, 2.24) is 4.98 Å². The molecular weight excluding hydrogens is 340 g/mol. The lowest BCUT2D eigenvalue weighted by Gasteiger charge is -2.23. The van der Waals surface area contributed by atoms with E-state index < -0.39 is 0 Å². The van der Waals surface area contributed by atoms with Gasteiger partial charge in [0.05, 0.1) is 18.7 Å². The summed E-state index contributed by atoms with van der Waals surface area (Å²) >= 11 is 0. The lowest BCUT2D eigenvalue weighted by Crippen LogP contribution is -3.10. The number of hydrogen-bond acceptors (Lipinski definition) is 4. The zero-order chi connectivity index (χ0) is 18.8. The first-order valence-corrected chi connectivity index (χ1v) is 9.65. The Kier molecular flexibility index (Phi) is 4.94. The topological polar surface area (TPSA) is 66.7 Å². The summed E-state index contributed by atoms with van der Waals surface area (Å²) in [7, 11) is 0. The van der Waals surface area contributed by atoms with Gasteiger partial charge in [0.2, 0.25) is 5.78 Å². The summed E-state index contributed by atoms with van der Waals surface area (Å²) in [6.07, 6.45) is 9.95. The van der Waals surface area contributed by atoms with E-state index >= 15 is 0 Å². The molecule has 1 fully saturated rings. The van der Waals surface area contributed by atoms with Crippen LogP contribution in [0.25, 0.3) is 6.08 Å². The Morgan fingerprint density at radius 2 is 1.89 bits per heavy atom. The van der Waals surface area contributed by atoms with Gasteiger partial charge in [0.25, 0.3) is 0 Å². The van der Waals surface area contributed by atoms with Crippen molar-refractivity contribution in [1.29, 1.82) is 0 Å². The molecule has 0 spiro atoms. The van der Waals surface area contributed by atoms with E-state index in [1.54, 1.807) is 31.5 Å². The molecule has 2 aliphatic heterocycles. The molecule has 27 heavy (non-hydrogen) atoms. The first kappa shape index (κ1) is 17.7. The molecule has 0 bridgehead atoms. The Bertz CT molecular complexity index is 882. The van der Waals surface area contributed by atoms with Crippen molar-refractivity contribution < 1.29 is 19.5 Å². The highest BCUT2D eigenvalue weighted by atomic mass is 16.5. The summed E-state index contributed by atoms with van der Waals surface area (Å²) in [5.41, 5.74) is 2.71. The zero-order valence-electron chi connectivity index (χ0n) is 15.6. The number of carbonyl (C=O) groups is 1. The van der Waals surface area contributed by atoms with E-state index in [2.05, 4.69) is 4.98 Å². The number of benzene rings is 1. The molecule has 5 heteroatoms. The summed E-state index contributed by atoms with van der Waals surface area (Å²) in [5, 5.41) is 12.7. The van der Waals surface area contributed by atoms with Crippen LogP contribution in [-0.2, 0) is 6.54 Å². The van der Waals surface area contributed by atoms with Gasteiger partial charge in [0, 0.05) is 18.0 Å². The number of nitrogens with one attached hydrogen (secondary N) is 1. The zero-order valence-corrected chi connectivity index (χ0v) is 15.6. The Morgan fingerprint density at radius 1 is 1.19 bits per heavy atom. The molecule has 140 valence electrons. The Hall–Kier alpha value is -2.66. The van der Waals surface area contributed by atoms with Crippen LogP contribution >= 0.6 is 0 Å². The number of allylic oxidation sites excluding steroid dienone is 1. The molecule has 5 nitrogen and oxygen atoms in total. The lowest BCUT2D eigenvalue weighted by molar-refractivity contribution is -0.913. The third-order valence-electron chi connectivity index (χ3n) is 5.44.